The van der Waals surface area contributed by atoms with Crippen molar-refractivity contribution in [3.05, 3.63) is 57.2 Å². The summed E-state index contributed by atoms with van der Waals surface area (Å²) in [4.78, 5) is 17.3. The fourth-order valence-corrected chi connectivity index (χ4v) is 2.45. The lowest BCUT2D eigenvalue weighted by Crippen LogP contribution is -2.31. The van der Waals surface area contributed by atoms with Gasteiger partial charge in [-0.15, -0.1) is 0 Å². The van der Waals surface area contributed by atoms with Crippen LogP contribution in [0.5, 0.6) is 0 Å². The molecule has 2 aromatic carbocycles. The maximum Gasteiger partial charge on any atom is 0.276 e. The number of hydrogen-bond acceptors (Lipinski definition) is 4. The van der Waals surface area contributed by atoms with E-state index in [-0.39, 0.29) is 29.5 Å². The Morgan fingerprint density at radius 2 is 1.92 bits per heavy atom. The first-order valence-electron chi connectivity index (χ1n) is 7.89. The molecule has 0 radical (unpaired) electrons. The van der Waals surface area contributed by atoms with Crippen LogP contribution in [0.1, 0.15) is 24.2 Å². The van der Waals surface area contributed by atoms with Gasteiger partial charge in [0.15, 0.2) is 0 Å². The fourth-order valence-electron chi connectivity index (χ4n) is 1.99. The molecule has 0 fully saturated rings. The molecule has 5 nitrogen and oxygen atoms in total. The van der Waals surface area contributed by atoms with E-state index >= 15 is 0 Å². The third-order valence-electron chi connectivity index (χ3n) is 3.62. The molecule has 1 atom stereocenters. The van der Waals surface area contributed by atoms with Gasteiger partial charge >= 0.3 is 0 Å². The van der Waals surface area contributed by atoms with Gasteiger partial charge in [-0.25, -0.2) is 14.3 Å². The first-order valence-corrected chi connectivity index (χ1v) is 8.97. The Hall–Kier alpha value is -1.78. The van der Waals surface area contributed by atoms with Crippen LogP contribution in [0.2, 0.25) is 0 Å². The van der Waals surface area contributed by atoms with Crippen molar-refractivity contribution in [1.82, 2.24) is 5.48 Å². The van der Waals surface area contributed by atoms with Crippen LogP contribution in [0.15, 0.2) is 36.4 Å². The molecule has 0 spiro atoms. The number of carbonyl (C=O) groups excluding carboxylic acids is 1. The largest absolute Gasteiger partial charge is 0.390 e. The Kier molecular flexibility index (Phi) is 7.30. The molecule has 0 heterocycles. The van der Waals surface area contributed by atoms with Gasteiger partial charge < -0.3 is 10.4 Å². The number of nitrogens with one attached hydrogen (secondary N) is 2. The van der Waals surface area contributed by atoms with Crippen molar-refractivity contribution >= 4 is 39.9 Å². The Labute approximate surface area is 163 Å². The minimum atomic E-state index is -0.734. The van der Waals surface area contributed by atoms with Gasteiger partial charge in [0.2, 0.25) is 0 Å². The summed E-state index contributed by atoms with van der Waals surface area (Å²) in [5.41, 5.74) is 2.48. The van der Waals surface area contributed by atoms with Crippen LogP contribution in [0.25, 0.3) is 0 Å². The summed E-state index contributed by atoms with van der Waals surface area (Å²) in [7, 11) is 0. The molecule has 0 saturated heterocycles. The predicted molar refractivity (Wildman–Crippen MR) is 103 cm³/mol. The molecule has 2 rings (SSSR count). The fraction of sp³-hybridized carbons (Fsp3) is 0.278. The summed E-state index contributed by atoms with van der Waals surface area (Å²) in [6, 6.07) is 7.97. The molecular weight excluding hydrogens is 457 g/mol. The molecule has 8 heteroatoms. The molecule has 0 saturated carbocycles. The van der Waals surface area contributed by atoms with Crippen LogP contribution in [0, 0.1) is 21.1 Å². The van der Waals surface area contributed by atoms with Crippen molar-refractivity contribution in [1.29, 1.82) is 0 Å². The van der Waals surface area contributed by atoms with Gasteiger partial charge in [-0.05, 0) is 64.9 Å². The summed E-state index contributed by atoms with van der Waals surface area (Å²) >= 11 is 1.97. The molecule has 0 aliphatic rings. The zero-order chi connectivity index (χ0) is 19.3. The molecule has 0 aromatic heterocycles. The Morgan fingerprint density at radius 3 is 2.58 bits per heavy atom. The van der Waals surface area contributed by atoms with Gasteiger partial charge in [0.1, 0.15) is 18.2 Å². The topological polar surface area (TPSA) is 70.6 Å². The van der Waals surface area contributed by atoms with E-state index in [0.717, 1.165) is 12.1 Å². The number of aliphatic hydroxyl groups excluding tert-OH is 1. The van der Waals surface area contributed by atoms with Crippen molar-refractivity contribution in [2.45, 2.75) is 20.0 Å². The highest BCUT2D eigenvalue weighted by molar-refractivity contribution is 14.1. The monoisotopic (exact) mass is 476 g/mol. The second-order valence-electron chi connectivity index (χ2n) is 5.99. The number of hydroxylamine groups is 1. The smallest absolute Gasteiger partial charge is 0.276 e. The van der Waals surface area contributed by atoms with Crippen LogP contribution >= 0.6 is 22.6 Å². The average molecular weight is 476 g/mol. The molecule has 2 aromatic rings. The Balaban J connectivity index is 2.15. The lowest BCUT2D eigenvalue weighted by atomic mass is 10.1. The predicted octanol–water partition coefficient (Wildman–Crippen LogP) is 3.99. The van der Waals surface area contributed by atoms with Crippen LogP contribution in [-0.4, -0.2) is 23.7 Å². The van der Waals surface area contributed by atoms with E-state index in [4.69, 9.17) is 4.84 Å². The van der Waals surface area contributed by atoms with E-state index in [0.29, 0.717) is 3.57 Å². The summed E-state index contributed by atoms with van der Waals surface area (Å²) < 4.78 is 28.3. The van der Waals surface area contributed by atoms with Crippen molar-refractivity contribution in [2.75, 3.05) is 11.9 Å². The second-order valence-corrected chi connectivity index (χ2v) is 7.24. The van der Waals surface area contributed by atoms with Crippen LogP contribution in [0.3, 0.4) is 0 Å². The van der Waals surface area contributed by atoms with Gasteiger partial charge in [0, 0.05) is 3.57 Å². The Morgan fingerprint density at radius 1 is 1.19 bits per heavy atom. The van der Waals surface area contributed by atoms with E-state index in [2.05, 4.69) is 10.8 Å². The molecule has 1 unspecified atom stereocenters. The zero-order valence-corrected chi connectivity index (χ0v) is 16.4. The van der Waals surface area contributed by atoms with Crippen LogP contribution in [-0.2, 0) is 4.84 Å². The molecule has 0 bridgehead atoms. The van der Waals surface area contributed by atoms with Crippen molar-refractivity contribution in [3.8, 4) is 0 Å². The van der Waals surface area contributed by atoms with E-state index in [1.54, 1.807) is 6.07 Å². The van der Waals surface area contributed by atoms with Gasteiger partial charge in [0.25, 0.3) is 5.91 Å². The summed E-state index contributed by atoms with van der Waals surface area (Å²) in [6.45, 7) is 3.54. The van der Waals surface area contributed by atoms with E-state index < -0.39 is 23.6 Å². The number of anilines is 2. The minimum Gasteiger partial charge on any atom is -0.390 e. The maximum atomic E-state index is 14.0. The third-order valence-corrected chi connectivity index (χ3v) is 4.29. The highest BCUT2D eigenvalue weighted by Crippen LogP contribution is 2.25. The summed E-state index contributed by atoms with van der Waals surface area (Å²) in [6.07, 6.45) is -0.734. The number of rotatable bonds is 7. The first kappa shape index (κ1) is 20.5. The average Bonchev–Trinajstić information content (AvgIpc) is 2.57. The molecule has 3 N–H and O–H groups in total. The van der Waals surface area contributed by atoms with Crippen LogP contribution in [0.4, 0.5) is 20.2 Å². The minimum absolute atomic E-state index is 0.0289. The zero-order valence-electron chi connectivity index (χ0n) is 14.2. The molecule has 0 aliphatic carbocycles. The SMILES string of the molecule is CC(C)C(O)CONC(=O)c1ccc(F)cc1Nc1ccc(I)cc1F. The second kappa shape index (κ2) is 9.24. The van der Waals surface area contributed by atoms with Crippen LogP contribution < -0.4 is 10.8 Å². The number of amides is 1. The lowest BCUT2D eigenvalue weighted by molar-refractivity contribution is -0.0267. The third kappa shape index (κ3) is 5.61. The lowest BCUT2D eigenvalue weighted by Gasteiger charge is -2.16. The molecule has 1 amide bonds. The maximum absolute atomic E-state index is 14.0. The van der Waals surface area contributed by atoms with Crippen molar-refractivity contribution < 1.29 is 23.5 Å². The van der Waals surface area contributed by atoms with Gasteiger partial charge in [-0.1, -0.05) is 13.8 Å². The summed E-state index contributed by atoms with van der Waals surface area (Å²) in [5.74, 6) is -1.77. The molecule has 0 aliphatic heterocycles. The van der Waals surface area contributed by atoms with Gasteiger partial charge in [0.05, 0.1) is 23.0 Å². The van der Waals surface area contributed by atoms with E-state index in [1.807, 2.05) is 36.4 Å². The highest BCUT2D eigenvalue weighted by Gasteiger charge is 2.16. The van der Waals surface area contributed by atoms with Crippen molar-refractivity contribution in [3.63, 3.8) is 0 Å². The molecule has 26 heavy (non-hydrogen) atoms. The molecule has 140 valence electrons. The number of carbonyl (C=O) groups is 1. The quantitative estimate of drug-likeness (QED) is 0.418. The highest BCUT2D eigenvalue weighted by atomic mass is 127. The molecular formula is C18H19F2IN2O3. The van der Waals surface area contributed by atoms with E-state index in [9.17, 15) is 18.7 Å². The number of aliphatic hydroxyl groups is 1. The summed E-state index contributed by atoms with van der Waals surface area (Å²) in [5, 5.41) is 12.4. The first-order chi connectivity index (χ1) is 12.3. The number of halogens is 3. The van der Waals surface area contributed by atoms with Gasteiger partial charge in [-0.2, -0.15) is 0 Å². The number of benzene rings is 2. The standard InChI is InChI=1S/C18H19F2IN2O3/c1-10(2)17(24)9-26-23-18(25)13-5-3-11(19)7-16(13)22-15-6-4-12(21)8-14(15)20/h3-8,10,17,22,24H,9H2,1-2H3,(H,23,25). The Bertz CT molecular complexity index is 787. The number of hydrogen-bond donors (Lipinski definition) is 3. The van der Waals surface area contributed by atoms with E-state index in [1.165, 1.54) is 18.2 Å². The van der Waals surface area contributed by atoms with Crippen molar-refractivity contribution in [2.24, 2.45) is 5.92 Å². The van der Waals surface area contributed by atoms with Gasteiger partial charge in [-0.3, -0.25) is 9.63 Å². The normalized spacial score (nSPS) is 12.1.